The van der Waals surface area contributed by atoms with Crippen LogP contribution in [0.4, 0.5) is 0 Å². The normalized spacial score (nSPS) is 18.5. The Hall–Kier alpha value is -1.25. The van der Waals surface area contributed by atoms with Crippen molar-refractivity contribution in [2.24, 2.45) is 0 Å². The molecule has 0 spiro atoms. The Morgan fingerprint density at radius 1 is 1.50 bits per heavy atom. The average molecular weight is 194 g/mol. The van der Waals surface area contributed by atoms with E-state index in [1.165, 1.54) is 0 Å². The van der Waals surface area contributed by atoms with E-state index in [2.05, 4.69) is 0 Å². The lowest BCUT2D eigenvalue weighted by atomic mass is 9.90. The molecule has 0 aromatic carbocycles. The van der Waals surface area contributed by atoms with Crippen LogP contribution in [0, 0.1) is 0 Å². The van der Waals surface area contributed by atoms with Crippen LogP contribution in [0.5, 0.6) is 0 Å². The van der Waals surface area contributed by atoms with Gasteiger partial charge in [-0.15, -0.1) is 0 Å². The van der Waals surface area contributed by atoms with Crippen LogP contribution >= 0.6 is 0 Å². The van der Waals surface area contributed by atoms with Gasteiger partial charge in [0.15, 0.2) is 0 Å². The highest BCUT2D eigenvalue weighted by atomic mass is 16.4. The predicted octanol–water partition coefficient (Wildman–Crippen LogP) is 2.52. The maximum atomic E-state index is 11.1. The van der Waals surface area contributed by atoms with Gasteiger partial charge in [0.2, 0.25) is 0 Å². The van der Waals surface area contributed by atoms with E-state index < -0.39 is 11.4 Å². The first kappa shape index (κ1) is 9.31. The molecule has 0 aliphatic heterocycles. The molecule has 76 valence electrons. The summed E-state index contributed by atoms with van der Waals surface area (Å²) in [4.78, 5) is 11.1. The van der Waals surface area contributed by atoms with Gasteiger partial charge >= 0.3 is 5.97 Å². The first-order valence-electron chi connectivity index (χ1n) is 4.88. The average Bonchev–Trinajstić information content (AvgIpc) is 2.77. The molecule has 1 aliphatic rings. The van der Waals surface area contributed by atoms with Gasteiger partial charge in [-0.2, -0.15) is 0 Å². The minimum atomic E-state index is -0.721. The van der Waals surface area contributed by atoms with Gasteiger partial charge in [0.1, 0.15) is 0 Å². The van der Waals surface area contributed by atoms with Crippen molar-refractivity contribution in [1.29, 1.82) is 0 Å². The zero-order chi connectivity index (χ0) is 10.3. The predicted molar refractivity (Wildman–Crippen MR) is 51.3 cm³/mol. The maximum absolute atomic E-state index is 11.1. The molecule has 0 amide bonds. The second-order valence-corrected chi connectivity index (χ2v) is 4.28. The minimum Gasteiger partial charge on any atom is -0.481 e. The van der Waals surface area contributed by atoms with Gasteiger partial charge in [0.05, 0.1) is 17.9 Å². The van der Waals surface area contributed by atoms with Crippen molar-refractivity contribution in [3.05, 3.63) is 23.7 Å². The molecule has 1 heterocycles. The van der Waals surface area contributed by atoms with Crippen LogP contribution < -0.4 is 0 Å². The highest BCUT2D eigenvalue weighted by molar-refractivity contribution is 5.85. The molecule has 3 heteroatoms. The smallest absolute Gasteiger partial charge is 0.314 e. The molecule has 0 atom stereocenters. The molecule has 1 aromatic rings. The Labute approximate surface area is 82.7 Å². The number of carbonyl (C=O) groups is 1. The second-order valence-electron chi connectivity index (χ2n) is 4.28. The second kappa shape index (κ2) is 2.87. The minimum absolute atomic E-state index is 0.320. The fraction of sp³-hybridized carbons (Fsp3) is 0.545. The summed E-state index contributed by atoms with van der Waals surface area (Å²) in [6.45, 7) is 4.10. The van der Waals surface area contributed by atoms with Gasteiger partial charge in [-0.05, 0) is 24.3 Å². The third-order valence-electron chi connectivity index (χ3n) is 2.99. The SMILES string of the molecule is CC(C)c1cocc1C1(C(=O)O)CC1. The van der Waals surface area contributed by atoms with Crippen LogP contribution in [0.15, 0.2) is 16.9 Å². The third kappa shape index (κ3) is 1.15. The maximum Gasteiger partial charge on any atom is 0.314 e. The monoisotopic (exact) mass is 194 g/mol. The number of carboxylic acids is 1. The lowest BCUT2D eigenvalue weighted by Gasteiger charge is -2.11. The summed E-state index contributed by atoms with van der Waals surface area (Å²) in [5.41, 5.74) is 1.27. The van der Waals surface area contributed by atoms with Gasteiger partial charge in [-0.3, -0.25) is 4.79 Å². The summed E-state index contributed by atoms with van der Waals surface area (Å²) in [6.07, 6.45) is 4.74. The summed E-state index contributed by atoms with van der Waals surface area (Å²) >= 11 is 0. The highest BCUT2D eigenvalue weighted by Crippen LogP contribution is 2.50. The molecule has 0 saturated heterocycles. The van der Waals surface area contributed by atoms with E-state index in [0.717, 1.165) is 24.0 Å². The number of rotatable bonds is 3. The number of furan rings is 1. The molecule has 1 aromatic heterocycles. The Morgan fingerprint density at radius 2 is 2.14 bits per heavy atom. The molecule has 0 unspecified atom stereocenters. The summed E-state index contributed by atoms with van der Waals surface area (Å²) in [6, 6.07) is 0. The Kier molecular flexibility index (Phi) is 1.91. The first-order valence-corrected chi connectivity index (χ1v) is 4.88. The molecule has 0 bridgehead atoms. The first-order chi connectivity index (χ1) is 6.58. The number of hydrogen-bond donors (Lipinski definition) is 1. The Morgan fingerprint density at radius 3 is 2.57 bits per heavy atom. The van der Waals surface area contributed by atoms with E-state index in [1.54, 1.807) is 12.5 Å². The molecule has 3 nitrogen and oxygen atoms in total. The van der Waals surface area contributed by atoms with Gasteiger partial charge in [-0.25, -0.2) is 0 Å². The van der Waals surface area contributed by atoms with Crippen LogP contribution in [-0.2, 0) is 10.2 Å². The standard InChI is InChI=1S/C11H14O3/c1-7(2)8-5-14-6-9(8)11(3-4-11)10(12)13/h5-7H,3-4H2,1-2H3,(H,12,13). The van der Waals surface area contributed by atoms with Crippen molar-refractivity contribution >= 4 is 5.97 Å². The summed E-state index contributed by atoms with van der Waals surface area (Å²) in [7, 11) is 0. The molecule has 1 N–H and O–H groups in total. The van der Waals surface area contributed by atoms with Gasteiger partial charge in [-0.1, -0.05) is 13.8 Å². The van der Waals surface area contributed by atoms with Crippen LogP contribution in [0.25, 0.3) is 0 Å². The molecular weight excluding hydrogens is 180 g/mol. The summed E-state index contributed by atoms with van der Waals surface area (Å²) in [5.74, 6) is -0.402. The molecule has 1 saturated carbocycles. The van der Waals surface area contributed by atoms with E-state index >= 15 is 0 Å². The van der Waals surface area contributed by atoms with Crippen molar-refractivity contribution in [2.45, 2.75) is 38.0 Å². The van der Waals surface area contributed by atoms with Gasteiger partial charge in [0.25, 0.3) is 0 Å². The van der Waals surface area contributed by atoms with E-state index in [4.69, 9.17) is 9.52 Å². The van der Waals surface area contributed by atoms with Crippen molar-refractivity contribution in [3.8, 4) is 0 Å². The third-order valence-corrected chi connectivity index (χ3v) is 2.99. The van der Waals surface area contributed by atoms with E-state index in [0.29, 0.717) is 5.92 Å². The van der Waals surface area contributed by atoms with Crippen molar-refractivity contribution < 1.29 is 14.3 Å². The number of hydrogen-bond acceptors (Lipinski definition) is 2. The molecule has 2 rings (SSSR count). The van der Waals surface area contributed by atoms with E-state index in [1.807, 2.05) is 13.8 Å². The van der Waals surface area contributed by atoms with Gasteiger partial charge < -0.3 is 9.52 Å². The topological polar surface area (TPSA) is 50.4 Å². The fourth-order valence-electron chi connectivity index (χ4n) is 1.87. The number of carboxylic acid groups (broad SMARTS) is 1. The van der Waals surface area contributed by atoms with Crippen molar-refractivity contribution in [2.75, 3.05) is 0 Å². The zero-order valence-electron chi connectivity index (χ0n) is 8.41. The van der Waals surface area contributed by atoms with Crippen LogP contribution in [0.3, 0.4) is 0 Å². The highest BCUT2D eigenvalue weighted by Gasteiger charge is 2.53. The van der Waals surface area contributed by atoms with Crippen LogP contribution in [0.2, 0.25) is 0 Å². The fourth-order valence-corrected chi connectivity index (χ4v) is 1.87. The van der Waals surface area contributed by atoms with Crippen molar-refractivity contribution in [1.82, 2.24) is 0 Å². The lowest BCUT2D eigenvalue weighted by molar-refractivity contribution is -0.140. The molecule has 1 fully saturated rings. The van der Waals surface area contributed by atoms with E-state index in [9.17, 15) is 4.79 Å². The van der Waals surface area contributed by atoms with E-state index in [-0.39, 0.29) is 0 Å². The van der Waals surface area contributed by atoms with Crippen LogP contribution in [-0.4, -0.2) is 11.1 Å². The zero-order valence-corrected chi connectivity index (χ0v) is 8.41. The van der Waals surface area contributed by atoms with Crippen molar-refractivity contribution in [3.63, 3.8) is 0 Å². The molecular formula is C11H14O3. The molecule has 14 heavy (non-hydrogen) atoms. The summed E-state index contributed by atoms with van der Waals surface area (Å²) < 4.78 is 5.12. The Bertz CT molecular complexity index is 358. The summed E-state index contributed by atoms with van der Waals surface area (Å²) in [5, 5.41) is 9.14. The van der Waals surface area contributed by atoms with Crippen LogP contribution in [0.1, 0.15) is 43.7 Å². The quantitative estimate of drug-likeness (QED) is 0.804. The number of aliphatic carboxylic acids is 1. The largest absolute Gasteiger partial charge is 0.481 e. The Balaban J connectivity index is 2.42. The molecule has 0 radical (unpaired) electrons. The lowest BCUT2D eigenvalue weighted by Crippen LogP contribution is -2.20. The van der Waals surface area contributed by atoms with Gasteiger partial charge in [0, 0.05) is 5.56 Å². The molecule has 1 aliphatic carbocycles.